The summed E-state index contributed by atoms with van der Waals surface area (Å²) >= 11 is 0. The van der Waals surface area contributed by atoms with Crippen molar-refractivity contribution in [2.75, 3.05) is 56.2 Å². The van der Waals surface area contributed by atoms with Crippen LogP contribution in [0, 0.1) is 0 Å². The van der Waals surface area contributed by atoms with Crippen molar-refractivity contribution < 1.29 is 13.5 Å². The summed E-state index contributed by atoms with van der Waals surface area (Å²) in [7, 11) is 0. The lowest BCUT2D eigenvalue weighted by atomic mass is 10.0. The van der Waals surface area contributed by atoms with Gasteiger partial charge in [-0.05, 0) is 42.6 Å². The highest BCUT2D eigenvalue weighted by Gasteiger charge is 2.39. The minimum absolute atomic E-state index is 0.158. The van der Waals surface area contributed by atoms with E-state index in [1.807, 2.05) is 35.2 Å². The first-order chi connectivity index (χ1) is 18.7. The summed E-state index contributed by atoms with van der Waals surface area (Å²) in [5.41, 5.74) is 2.93. The SMILES string of the molecule is FC(F)N1Cc2ccccc2C1c1nc(NCC(c2ccccc2)N2CCCC2)nc(N2CCOCC2)n1. The average molecular weight is 522 g/mol. The van der Waals surface area contributed by atoms with Gasteiger partial charge >= 0.3 is 0 Å². The highest BCUT2D eigenvalue weighted by atomic mass is 19.3. The first-order valence-corrected chi connectivity index (χ1v) is 13.4. The molecule has 4 heterocycles. The second-order valence-electron chi connectivity index (χ2n) is 10.0. The predicted molar refractivity (Wildman–Crippen MR) is 141 cm³/mol. The molecule has 6 rings (SSSR count). The Hall–Kier alpha value is -3.21. The zero-order valence-electron chi connectivity index (χ0n) is 21.3. The van der Waals surface area contributed by atoms with E-state index < -0.39 is 12.6 Å². The van der Waals surface area contributed by atoms with Crippen LogP contribution < -0.4 is 10.2 Å². The van der Waals surface area contributed by atoms with E-state index in [1.54, 1.807) is 0 Å². The molecule has 1 N–H and O–H groups in total. The Bertz CT molecular complexity index is 1220. The lowest BCUT2D eigenvalue weighted by Crippen LogP contribution is -2.38. The van der Waals surface area contributed by atoms with Gasteiger partial charge in [0, 0.05) is 26.2 Å². The predicted octanol–water partition coefficient (Wildman–Crippen LogP) is 4.08. The second kappa shape index (κ2) is 11.3. The topological polar surface area (TPSA) is 69.7 Å². The van der Waals surface area contributed by atoms with Crippen LogP contribution in [0.1, 0.15) is 47.4 Å². The Labute approximate surface area is 221 Å². The summed E-state index contributed by atoms with van der Waals surface area (Å²) in [5.74, 6) is 1.25. The van der Waals surface area contributed by atoms with Crippen molar-refractivity contribution in [1.82, 2.24) is 24.8 Å². The number of nitrogens with zero attached hydrogens (tertiary/aromatic N) is 6. The molecule has 2 atom stereocenters. The van der Waals surface area contributed by atoms with Gasteiger partial charge in [0.1, 0.15) is 6.04 Å². The van der Waals surface area contributed by atoms with E-state index in [0.717, 1.165) is 29.1 Å². The molecule has 1 aromatic heterocycles. The van der Waals surface area contributed by atoms with E-state index in [-0.39, 0.29) is 12.6 Å². The number of likely N-dealkylation sites (tertiary alicyclic amines) is 1. The highest BCUT2D eigenvalue weighted by molar-refractivity contribution is 5.43. The van der Waals surface area contributed by atoms with Crippen LogP contribution in [0.25, 0.3) is 0 Å². The number of fused-ring (bicyclic) bond motifs is 1. The second-order valence-corrected chi connectivity index (χ2v) is 10.0. The maximum absolute atomic E-state index is 14.2. The summed E-state index contributed by atoms with van der Waals surface area (Å²) in [6.07, 6.45) is 2.37. The molecular formula is C28H33F2N7O. The number of nitrogens with one attached hydrogen (secondary N) is 1. The van der Waals surface area contributed by atoms with Crippen LogP contribution in [0.2, 0.25) is 0 Å². The number of morpholine rings is 1. The van der Waals surface area contributed by atoms with Crippen molar-refractivity contribution in [3.63, 3.8) is 0 Å². The monoisotopic (exact) mass is 521 g/mol. The number of benzene rings is 2. The first-order valence-electron chi connectivity index (χ1n) is 13.4. The number of rotatable bonds is 8. The molecule has 0 bridgehead atoms. The summed E-state index contributed by atoms with van der Waals surface area (Å²) < 4.78 is 34.0. The third kappa shape index (κ3) is 5.21. The largest absolute Gasteiger partial charge is 0.378 e. The molecular weight excluding hydrogens is 488 g/mol. The van der Waals surface area contributed by atoms with E-state index in [2.05, 4.69) is 34.5 Å². The maximum atomic E-state index is 14.2. The molecule has 0 amide bonds. The molecule has 2 fully saturated rings. The Morgan fingerprint density at radius 1 is 0.895 bits per heavy atom. The molecule has 2 unspecified atom stereocenters. The molecule has 38 heavy (non-hydrogen) atoms. The van der Waals surface area contributed by atoms with Crippen LogP contribution in [-0.2, 0) is 11.3 Å². The first kappa shape index (κ1) is 25.1. The Kier molecular flexibility index (Phi) is 7.44. The number of anilines is 2. The smallest absolute Gasteiger partial charge is 0.295 e. The lowest BCUT2D eigenvalue weighted by molar-refractivity contribution is -0.0444. The van der Waals surface area contributed by atoms with Crippen molar-refractivity contribution in [3.8, 4) is 0 Å². The van der Waals surface area contributed by atoms with E-state index in [9.17, 15) is 8.78 Å². The number of hydrogen-bond donors (Lipinski definition) is 1. The van der Waals surface area contributed by atoms with Crippen LogP contribution in [0.15, 0.2) is 54.6 Å². The zero-order chi connectivity index (χ0) is 25.9. The van der Waals surface area contributed by atoms with Gasteiger partial charge in [-0.1, -0.05) is 54.6 Å². The minimum atomic E-state index is -2.63. The molecule has 0 radical (unpaired) electrons. The molecule has 200 valence electrons. The van der Waals surface area contributed by atoms with Crippen LogP contribution in [0.3, 0.4) is 0 Å². The molecule has 0 aliphatic carbocycles. The Balaban J connectivity index is 1.34. The van der Waals surface area contributed by atoms with Crippen LogP contribution in [0.5, 0.6) is 0 Å². The van der Waals surface area contributed by atoms with Crippen LogP contribution in [-0.4, -0.2) is 77.2 Å². The number of ether oxygens (including phenoxy) is 1. The quantitative estimate of drug-likeness (QED) is 0.445. The fraction of sp³-hybridized carbons (Fsp3) is 0.464. The molecule has 3 aromatic rings. The van der Waals surface area contributed by atoms with Crippen LogP contribution in [0.4, 0.5) is 20.7 Å². The van der Waals surface area contributed by atoms with E-state index in [1.165, 1.54) is 18.4 Å². The van der Waals surface area contributed by atoms with Gasteiger partial charge < -0.3 is 15.0 Å². The normalized spacial score (nSPS) is 21.1. The number of alkyl halides is 2. The molecule has 0 spiro atoms. The van der Waals surface area contributed by atoms with Gasteiger partial charge in [0.15, 0.2) is 5.82 Å². The van der Waals surface area contributed by atoms with Crippen molar-refractivity contribution >= 4 is 11.9 Å². The summed E-state index contributed by atoms with van der Waals surface area (Å²) in [4.78, 5) is 20.0. The zero-order valence-corrected chi connectivity index (χ0v) is 21.3. The molecule has 2 aromatic carbocycles. The Morgan fingerprint density at radius 3 is 2.39 bits per heavy atom. The summed E-state index contributed by atoms with van der Waals surface area (Å²) in [5, 5.41) is 3.46. The van der Waals surface area contributed by atoms with Gasteiger partial charge in [-0.2, -0.15) is 23.7 Å². The molecule has 10 heteroatoms. The highest BCUT2D eigenvalue weighted by Crippen LogP contribution is 2.39. The third-order valence-corrected chi connectivity index (χ3v) is 7.68. The average Bonchev–Trinajstić information content (AvgIpc) is 3.63. The maximum Gasteiger partial charge on any atom is 0.295 e. The van der Waals surface area contributed by atoms with Gasteiger partial charge in [-0.15, -0.1) is 0 Å². The molecule has 3 aliphatic rings. The number of aromatic nitrogens is 3. The fourth-order valence-corrected chi connectivity index (χ4v) is 5.74. The molecule has 3 aliphatic heterocycles. The van der Waals surface area contributed by atoms with Crippen molar-refractivity contribution in [2.45, 2.75) is 38.0 Å². The van der Waals surface area contributed by atoms with Gasteiger partial charge in [-0.3, -0.25) is 4.90 Å². The van der Waals surface area contributed by atoms with Gasteiger partial charge in [0.25, 0.3) is 6.55 Å². The molecule has 8 nitrogen and oxygen atoms in total. The standard InChI is InChI=1S/C28H33F2N7O/c29-26(30)37-19-21-10-4-5-11-22(21)24(37)25-32-27(34-28(33-25)36-14-16-38-17-15-36)31-18-23(35-12-6-7-13-35)20-8-2-1-3-9-20/h1-5,8-11,23-24,26H,6-7,12-19H2,(H,31,32,33,34). The Morgan fingerprint density at radius 2 is 1.63 bits per heavy atom. The van der Waals surface area contributed by atoms with E-state index in [0.29, 0.717) is 50.6 Å². The van der Waals surface area contributed by atoms with Gasteiger partial charge in [0.2, 0.25) is 11.9 Å². The van der Waals surface area contributed by atoms with E-state index in [4.69, 9.17) is 19.7 Å². The molecule has 2 saturated heterocycles. The third-order valence-electron chi connectivity index (χ3n) is 7.68. The van der Waals surface area contributed by atoms with Crippen molar-refractivity contribution in [1.29, 1.82) is 0 Å². The molecule has 0 saturated carbocycles. The van der Waals surface area contributed by atoms with E-state index >= 15 is 0 Å². The lowest BCUT2D eigenvalue weighted by Gasteiger charge is -2.30. The summed E-state index contributed by atoms with van der Waals surface area (Å²) in [6, 6.07) is 17.4. The van der Waals surface area contributed by atoms with Crippen LogP contribution >= 0.6 is 0 Å². The number of hydrogen-bond acceptors (Lipinski definition) is 8. The van der Waals surface area contributed by atoms with Gasteiger partial charge in [0.05, 0.1) is 19.3 Å². The van der Waals surface area contributed by atoms with Crippen molar-refractivity contribution in [2.24, 2.45) is 0 Å². The number of halogens is 2. The summed E-state index contributed by atoms with van der Waals surface area (Å²) in [6.45, 7) is 2.65. The fourth-order valence-electron chi connectivity index (χ4n) is 5.74. The van der Waals surface area contributed by atoms with Crippen molar-refractivity contribution in [3.05, 3.63) is 77.1 Å². The van der Waals surface area contributed by atoms with Gasteiger partial charge in [-0.25, -0.2) is 4.90 Å². The minimum Gasteiger partial charge on any atom is -0.378 e.